The number of carbonyl (C=O) groups is 2. The fraction of sp³-hybridized carbons (Fsp3) is 0.571. The van der Waals surface area contributed by atoms with Gasteiger partial charge >= 0.3 is 5.97 Å². The molecule has 1 aromatic heterocycles. The van der Waals surface area contributed by atoms with Crippen LogP contribution in [0.4, 0.5) is 5.00 Å². The van der Waals surface area contributed by atoms with E-state index < -0.39 is 5.97 Å². The quantitative estimate of drug-likeness (QED) is 0.836. The molecular formula is C14H20N2O3S. The van der Waals surface area contributed by atoms with E-state index in [9.17, 15) is 9.59 Å². The maximum atomic E-state index is 12.2. The fourth-order valence-corrected chi connectivity index (χ4v) is 3.23. The molecule has 1 amide bonds. The molecule has 1 aromatic rings. The van der Waals surface area contributed by atoms with E-state index in [4.69, 9.17) is 10.5 Å². The highest BCUT2D eigenvalue weighted by atomic mass is 32.1. The first kappa shape index (κ1) is 15.0. The number of carbonyl (C=O) groups excluding carboxylic acids is 2. The predicted octanol–water partition coefficient (Wildman–Crippen LogP) is 2.38. The van der Waals surface area contributed by atoms with E-state index in [2.05, 4.69) is 5.32 Å². The second kappa shape index (κ2) is 6.85. The summed E-state index contributed by atoms with van der Waals surface area (Å²) < 4.78 is 4.97. The molecular weight excluding hydrogens is 276 g/mol. The highest BCUT2D eigenvalue weighted by molar-refractivity contribution is 7.14. The molecule has 0 saturated heterocycles. The van der Waals surface area contributed by atoms with E-state index in [1.165, 1.54) is 11.3 Å². The Hall–Kier alpha value is -1.40. The summed E-state index contributed by atoms with van der Waals surface area (Å²) in [4.78, 5) is 24.0. The molecule has 1 aliphatic rings. The Balaban J connectivity index is 2.01. The molecule has 1 saturated carbocycles. The first-order valence-corrected chi connectivity index (χ1v) is 7.80. The lowest BCUT2D eigenvalue weighted by atomic mass is 9.85. The van der Waals surface area contributed by atoms with Crippen molar-refractivity contribution in [3.63, 3.8) is 0 Å². The van der Waals surface area contributed by atoms with Gasteiger partial charge in [0.15, 0.2) is 0 Å². The third-order valence-corrected chi connectivity index (χ3v) is 4.31. The summed E-state index contributed by atoms with van der Waals surface area (Å²) in [5, 5.41) is 5.18. The van der Waals surface area contributed by atoms with Crippen LogP contribution in [0.3, 0.4) is 0 Å². The van der Waals surface area contributed by atoms with Gasteiger partial charge in [0.2, 0.25) is 5.91 Å². The van der Waals surface area contributed by atoms with Crippen molar-refractivity contribution in [2.24, 2.45) is 11.7 Å². The van der Waals surface area contributed by atoms with Crippen LogP contribution in [0.25, 0.3) is 0 Å². The Kier molecular flexibility index (Phi) is 5.14. The summed E-state index contributed by atoms with van der Waals surface area (Å²) >= 11 is 1.33. The lowest BCUT2D eigenvalue weighted by Gasteiger charge is -2.25. The van der Waals surface area contributed by atoms with Crippen LogP contribution < -0.4 is 11.1 Å². The van der Waals surface area contributed by atoms with Gasteiger partial charge < -0.3 is 15.8 Å². The van der Waals surface area contributed by atoms with Gasteiger partial charge in [-0.05, 0) is 37.6 Å². The number of thiophene rings is 1. The highest BCUT2D eigenvalue weighted by Gasteiger charge is 2.26. The average Bonchev–Trinajstić information content (AvgIpc) is 2.87. The summed E-state index contributed by atoms with van der Waals surface area (Å²) in [6, 6.07) is 1.78. The van der Waals surface area contributed by atoms with Gasteiger partial charge in [-0.3, -0.25) is 4.79 Å². The minimum atomic E-state index is -0.399. The Morgan fingerprint density at radius 3 is 3.00 bits per heavy atom. The Morgan fingerprint density at radius 1 is 1.50 bits per heavy atom. The minimum Gasteiger partial charge on any atom is -0.462 e. The van der Waals surface area contributed by atoms with Crippen LogP contribution in [-0.2, 0) is 9.53 Å². The van der Waals surface area contributed by atoms with E-state index in [1.54, 1.807) is 18.4 Å². The van der Waals surface area contributed by atoms with Crippen molar-refractivity contribution in [2.75, 3.05) is 11.9 Å². The molecule has 2 rings (SSSR count). The first-order valence-electron chi connectivity index (χ1n) is 6.92. The summed E-state index contributed by atoms with van der Waals surface area (Å²) in [5.74, 6) is -0.506. The number of ether oxygens (including phenoxy) is 1. The molecule has 0 radical (unpaired) electrons. The van der Waals surface area contributed by atoms with Crippen LogP contribution in [0.2, 0.25) is 0 Å². The van der Waals surface area contributed by atoms with Gasteiger partial charge in [-0.1, -0.05) is 6.42 Å². The van der Waals surface area contributed by atoms with Crippen molar-refractivity contribution in [3.8, 4) is 0 Å². The minimum absolute atomic E-state index is 0.0480. The third-order valence-electron chi connectivity index (χ3n) is 3.48. The number of esters is 1. The number of nitrogens with two attached hydrogens (primary N) is 1. The molecule has 110 valence electrons. The van der Waals surface area contributed by atoms with Gasteiger partial charge in [0.05, 0.1) is 12.2 Å². The molecule has 1 heterocycles. The number of hydrogen-bond donors (Lipinski definition) is 2. The van der Waals surface area contributed by atoms with Gasteiger partial charge in [0.25, 0.3) is 0 Å². The zero-order chi connectivity index (χ0) is 14.5. The number of hydrogen-bond acceptors (Lipinski definition) is 5. The van der Waals surface area contributed by atoms with Crippen LogP contribution in [0.5, 0.6) is 0 Å². The molecule has 1 aliphatic carbocycles. The van der Waals surface area contributed by atoms with Crippen molar-refractivity contribution >= 4 is 28.2 Å². The lowest BCUT2D eigenvalue weighted by Crippen LogP contribution is -2.34. The van der Waals surface area contributed by atoms with Crippen molar-refractivity contribution in [2.45, 2.75) is 38.6 Å². The highest BCUT2D eigenvalue weighted by Crippen LogP contribution is 2.28. The molecule has 0 aliphatic heterocycles. The second-order valence-corrected chi connectivity index (χ2v) is 5.91. The van der Waals surface area contributed by atoms with Crippen molar-refractivity contribution in [1.29, 1.82) is 0 Å². The maximum Gasteiger partial charge on any atom is 0.341 e. The zero-order valence-corrected chi connectivity index (χ0v) is 12.4. The third kappa shape index (κ3) is 3.58. The molecule has 2 unspecified atom stereocenters. The van der Waals surface area contributed by atoms with Crippen LogP contribution in [-0.4, -0.2) is 24.5 Å². The summed E-state index contributed by atoms with van der Waals surface area (Å²) in [6.45, 7) is 2.07. The SMILES string of the molecule is CCOC(=O)c1ccsc1NC(=O)C1CCCC(N)C1. The molecule has 5 nitrogen and oxygen atoms in total. The van der Waals surface area contributed by atoms with Gasteiger partial charge in [-0.2, -0.15) is 0 Å². The van der Waals surface area contributed by atoms with E-state index in [1.807, 2.05) is 0 Å². The standard InChI is InChI=1S/C14H20N2O3S/c1-2-19-14(18)11-6-7-20-13(11)16-12(17)9-4-3-5-10(15)8-9/h6-7,9-10H,2-5,8,15H2,1H3,(H,16,17). The van der Waals surface area contributed by atoms with Crippen molar-refractivity contribution < 1.29 is 14.3 Å². The molecule has 1 fully saturated rings. The summed E-state index contributed by atoms with van der Waals surface area (Å²) in [5.41, 5.74) is 6.32. The maximum absolute atomic E-state index is 12.2. The normalized spacial score (nSPS) is 22.3. The molecule has 2 atom stereocenters. The number of nitrogens with one attached hydrogen (secondary N) is 1. The number of anilines is 1. The van der Waals surface area contributed by atoms with Gasteiger partial charge in [0, 0.05) is 12.0 Å². The molecule has 0 aromatic carbocycles. The predicted molar refractivity (Wildman–Crippen MR) is 78.8 cm³/mol. The van der Waals surface area contributed by atoms with Crippen LogP contribution in [0, 0.1) is 5.92 Å². The smallest absolute Gasteiger partial charge is 0.341 e. The van der Waals surface area contributed by atoms with Crippen molar-refractivity contribution in [1.82, 2.24) is 0 Å². The van der Waals surface area contributed by atoms with E-state index >= 15 is 0 Å². The van der Waals surface area contributed by atoms with Gasteiger partial charge in [0.1, 0.15) is 5.00 Å². The Morgan fingerprint density at radius 2 is 2.30 bits per heavy atom. The lowest BCUT2D eigenvalue weighted by molar-refractivity contribution is -0.120. The van der Waals surface area contributed by atoms with E-state index in [0.717, 1.165) is 19.3 Å². The Labute approximate surface area is 122 Å². The van der Waals surface area contributed by atoms with Gasteiger partial charge in [-0.25, -0.2) is 4.79 Å². The van der Waals surface area contributed by atoms with Crippen LogP contribution >= 0.6 is 11.3 Å². The number of amides is 1. The van der Waals surface area contributed by atoms with Crippen molar-refractivity contribution in [3.05, 3.63) is 17.0 Å². The van der Waals surface area contributed by atoms with Crippen LogP contribution in [0.1, 0.15) is 43.0 Å². The summed E-state index contributed by atoms with van der Waals surface area (Å²) in [7, 11) is 0. The monoisotopic (exact) mass is 296 g/mol. The fourth-order valence-electron chi connectivity index (χ4n) is 2.46. The summed E-state index contributed by atoms with van der Waals surface area (Å²) in [6.07, 6.45) is 3.54. The number of rotatable bonds is 4. The van der Waals surface area contributed by atoms with Crippen LogP contribution in [0.15, 0.2) is 11.4 Å². The first-order chi connectivity index (χ1) is 9.61. The average molecular weight is 296 g/mol. The largest absolute Gasteiger partial charge is 0.462 e. The second-order valence-electron chi connectivity index (χ2n) is 5.00. The Bertz CT molecular complexity index is 487. The topological polar surface area (TPSA) is 81.4 Å². The molecule has 6 heteroatoms. The molecule has 0 bridgehead atoms. The van der Waals surface area contributed by atoms with E-state index in [0.29, 0.717) is 23.6 Å². The zero-order valence-electron chi connectivity index (χ0n) is 11.6. The molecule has 20 heavy (non-hydrogen) atoms. The molecule has 3 N–H and O–H groups in total. The van der Waals surface area contributed by atoms with E-state index in [-0.39, 0.29) is 17.9 Å². The van der Waals surface area contributed by atoms with Gasteiger partial charge in [-0.15, -0.1) is 11.3 Å². The molecule has 0 spiro atoms.